The van der Waals surface area contributed by atoms with Crippen LogP contribution in [0.15, 0.2) is 31.0 Å². The molecule has 0 saturated heterocycles. The van der Waals surface area contributed by atoms with Crippen LogP contribution in [0.25, 0.3) is 0 Å². The number of methoxy groups -OCH3 is 1. The molecule has 3 N–H and O–H groups in total. The van der Waals surface area contributed by atoms with Gasteiger partial charge in [0.1, 0.15) is 5.75 Å². The summed E-state index contributed by atoms with van der Waals surface area (Å²) in [5.74, 6) is 0.891. The van der Waals surface area contributed by atoms with Gasteiger partial charge in [-0.15, -0.1) is 0 Å². The number of carbonyl (C=O) groups excluding carboxylic acids is 1. The first-order valence-electron chi connectivity index (χ1n) is 11.3. The number of nitrogens with one attached hydrogen (secondary N) is 3. The van der Waals surface area contributed by atoms with Crippen molar-refractivity contribution in [3.8, 4) is 5.75 Å². The number of amides is 1. The molecule has 3 fully saturated rings. The normalized spacial score (nSPS) is 20.1. The van der Waals surface area contributed by atoms with Crippen molar-refractivity contribution in [3.63, 3.8) is 0 Å². The number of anilines is 5. The summed E-state index contributed by atoms with van der Waals surface area (Å²) in [4.78, 5) is 24.7. The monoisotopic (exact) mass is 469 g/mol. The third kappa shape index (κ3) is 4.91. The smallest absolute Gasteiger partial charge is 0.247 e. The molecule has 3 aliphatic rings. The van der Waals surface area contributed by atoms with Crippen LogP contribution >= 0.6 is 0 Å². The highest BCUT2D eigenvalue weighted by molar-refractivity contribution is 6.02. The number of benzene rings is 1. The van der Waals surface area contributed by atoms with E-state index in [1.165, 1.54) is 6.08 Å². The van der Waals surface area contributed by atoms with Crippen LogP contribution in [0.5, 0.6) is 5.75 Å². The largest absolute Gasteiger partial charge is 0.494 e. The molecule has 34 heavy (non-hydrogen) atoms. The predicted octanol–water partition coefficient (Wildman–Crippen LogP) is 3.45. The minimum absolute atomic E-state index is 0.0181. The van der Waals surface area contributed by atoms with Gasteiger partial charge in [-0.3, -0.25) is 4.79 Å². The summed E-state index contributed by atoms with van der Waals surface area (Å²) in [6, 6.07) is 3.59. The van der Waals surface area contributed by atoms with Crippen LogP contribution < -0.4 is 25.6 Å². The maximum atomic E-state index is 14.4. The first-order chi connectivity index (χ1) is 16.2. The van der Waals surface area contributed by atoms with Crippen molar-refractivity contribution in [1.29, 1.82) is 0 Å². The molecule has 1 heterocycles. The molecule has 10 heteroatoms. The van der Waals surface area contributed by atoms with Crippen LogP contribution in [0.3, 0.4) is 0 Å². The Morgan fingerprint density at radius 3 is 2.59 bits per heavy atom. The molecule has 5 rings (SSSR count). The molecule has 2 bridgehead atoms. The Hall–Kier alpha value is -3.40. The Bertz CT molecular complexity index is 1070. The van der Waals surface area contributed by atoms with Gasteiger partial charge in [0.15, 0.2) is 11.6 Å². The molecule has 0 aliphatic heterocycles. The molecule has 3 saturated carbocycles. The van der Waals surface area contributed by atoms with E-state index in [0.717, 1.165) is 50.2 Å². The average Bonchev–Trinajstić information content (AvgIpc) is 2.75. The van der Waals surface area contributed by atoms with E-state index >= 15 is 0 Å². The molecule has 9 nitrogen and oxygen atoms in total. The van der Waals surface area contributed by atoms with Gasteiger partial charge in [0.25, 0.3) is 0 Å². The van der Waals surface area contributed by atoms with Crippen molar-refractivity contribution in [2.75, 3.05) is 62.2 Å². The summed E-state index contributed by atoms with van der Waals surface area (Å²) >= 11 is 0. The van der Waals surface area contributed by atoms with Crippen molar-refractivity contribution < 1.29 is 13.9 Å². The molecule has 0 atom stereocenters. The average molecular weight is 470 g/mol. The lowest BCUT2D eigenvalue weighted by Gasteiger charge is -2.62. The Labute approximate surface area is 199 Å². The van der Waals surface area contributed by atoms with Crippen molar-refractivity contribution in [2.24, 2.45) is 5.92 Å². The summed E-state index contributed by atoms with van der Waals surface area (Å²) in [5, 5.41) is 9.23. The number of halogens is 1. The molecule has 1 aromatic carbocycles. The van der Waals surface area contributed by atoms with Crippen LogP contribution in [-0.2, 0) is 4.79 Å². The molecule has 0 spiro atoms. The highest BCUT2D eigenvalue weighted by Gasteiger charge is 2.57. The highest BCUT2D eigenvalue weighted by Crippen LogP contribution is 2.58. The first kappa shape index (κ1) is 23.7. The number of hydrogen-bond acceptors (Lipinski definition) is 8. The molecule has 1 amide bonds. The van der Waals surface area contributed by atoms with Crippen LogP contribution in [0.4, 0.5) is 33.2 Å². The lowest BCUT2D eigenvalue weighted by molar-refractivity contribution is -0.111. The van der Waals surface area contributed by atoms with E-state index in [4.69, 9.17) is 4.74 Å². The van der Waals surface area contributed by atoms with Crippen molar-refractivity contribution in [2.45, 2.75) is 24.8 Å². The van der Waals surface area contributed by atoms with E-state index < -0.39 is 5.82 Å². The third-order valence-corrected chi connectivity index (χ3v) is 6.47. The molecule has 0 radical (unpaired) electrons. The number of ether oxygens (including phenoxy) is 1. The lowest BCUT2D eigenvalue weighted by atomic mass is 9.50. The van der Waals surface area contributed by atoms with Gasteiger partial charge < -0.3 is 30.5 Å². The summed E-state index contributed by atoms with van der Waals surface area (Å²) < 4.78 is 20.0. The summed E-state index contributed by atoms with van der Waals surface area (Å²) in [7, 11) is 7.51. The third-order valence-electron chi connectivity index (χ3n) is 6.47. The number of carbonyl (C=O) groups is 1. The zero-order valence-corrected chi connectivity index (χ0v) is 20.1. The van der Waals surface area contributed by atoms with E-state index in [0.29, 0.717) is 17.1 Å². The van der Waals surface area contributed by atoms with E-state index in [9.17, 15) is 9.18 Å². The Morgan fingerprint density at radius 2 is 2.00 bits per heavy atom. The topological polar surface area (TPSA) is 94.6 Å². The van der Waals surface area contributed by atoms with Gasteiger partial charge in [0.05, 0.1) is 30.4 Å². The van der Waals surface area contributed by atoms with E-state index in [2.05, 4.69) is 37.4 Å². The van der Waals surface area contributed by atoms with Crippen molar-refractivity contribution in [3.05, 3.63) is 36.8 Å². The number of likely N-dealkylation sites (N-methyl/N-ethyl adjacent to an activating group) is 2. The molecule has 1 aromatic heterocycles. The molecular weight excluding hydrogens is 437 g/mol. The molecule has 3 aliphatic carbocycles. The fraction of sp³-hybridized carbons (Fsp3) is 0.458. The van der Waals surface area contributed by atoms with Crippen LogP contribution in [0, 0.1) is 11.7 Å². The number of rotatable bonds is 11. The van der Waals surface area contributed by atoms with Gasteiger partial charge in [-0.05, 0) is 51.4 Å². The van der Waals surface area contributed by atoms with Crippen LogP contribution in [0.1, 0.15) is 19.3 Å². The predicted molar refractivity (Wildman–Crippen MR) is 133 cm³/mol. The van der Waals surface area contributed by atoms with Gasteiger partial charge in [-0.1, -0.05) is 6.58 Å². The molecular formula is C24H32FN7O2. The zero-order chi connectivity index (χ0) is 24.5. The van der Waals surface area contributed by atoms with E-state index in [1.54, 1.807) is 13.2 Å². The van der Waals surface area contributed by atoms with Gasteiger partial charge >= 0.3 is 0 Å². The molecule has 0 unspecified atom stereocenters. The van der Waals surface area contributed by atoms with Crippen LogP contribution in [0.2, 0.25) is 0 Å². The Morgan fingerprint density at radius 1 is 1.26 bits per heavy atom. The van der Waals surface area contributed by atoms with Gasteiger partial charge in [-0.25, -0.2) is 9.37 Å². The summed E-state index contributed by atoms with van der Waals surface area (Å²) in [6.45, 7) is 5.10. The fourth-order valence-electron chi connectivity index (χ4n) is 4.42. The number of hydrogen-bond donors (Lipinski definition) is 3. The summed E-state index contributed by atoms with van der Waals surface area (Å²) in [5.41, 5.74) is 1.87. The standard InChI is InChI=1S/C24H32FN7O2/c1-6-21(33)27-17-9-18(20(34-5)10-19(17)32(4)8-7-31(2)3)28-23-26-14-16(25)22(29-23)30-24-11-15(12-24)13-24/h6,9-10,14-15H,1,7-8,11-13H2,2-5H3,(H,27,33)(H2,26,28,29,30). The van der Waals surface area contributed by atoms with Gasteiger partial charge in [0.2, 0.25) is 11.9 Å². The molecule has 2 aromatic rings. The van der Waals surface area contributed by atoms with E-state index in [1.807, 2.05) is 32.1 Å². The SMILES string of the molecule is C=CC(=O)Nc1cc(Nc2ncc(F)c(NC34CC(C3)C4)n2)c(OC)cc1N(C)CCN(C)C. The second-order valence-electron chi connectivity index (χ2n) is 9.39. The maximum absolute atomic E-state index is 14.4. The van der Waals surface area contributed by atoms with Gasteiger partial charge in [-0.2, -0.15) is 4.98 Å². The number of aromatic nitrogens is 2. The number of nitrogens with zero attached hydrogens (tertiary/aromatic N) is 4. The minimum Gasteiger partial charge on any atom is -0.494 e. The summed E-state index contributed by atoms with van der Waals surface area (Å²) in [6.07, 6.45) is 5.54. The minimum atomic E-state index is -0.487. The van der Waals surface area contributed by atoms with Crippen molar-refractivity contribution in [1.82, 2.24) is 14.9 Å². The van der Waals surface area contributed by atoms with E-state index in [-0.39, 0.29) is 23.2 Å². The lowest BCUT2D eigenvalue weighted by Crippen LogP contribution is -2.63. The Kier molecular flexibility index (Phi) is 6.60. The second-order valence-corrected chi connectivity index (χ2v) is 9.39. The van der Waals surface area contributed by atoms with Gasteiger partial charge in [0, 0.05) is 31.7 Å². The highest BCUT2D eigenvalue weighted by atomic mass is 19.1. The van der Waals surface area contributed by atoms with Crippen LogP contribution in [-0.4, -0.2) is 67.7 Å². The second kappa shape index (κ2) is 9.46. The van der Waals surface area contributed by atoms with Crippen molar-refractivity contribution >= 4 is 34.7 Å². The zero-order valence-electron chi connectivity index (χ0n) is 20.1. The molecule has 182 valence electrons. The quantitative estimate of drug-likeness (QED) is 0.431. The first-order valence-corrected chi connectivity index (χ1v) is 11.3. The fourth-order valence-corrected chi connectivity index (χ4v) is 4.42. The maximum Gasteiger partial charge on any atom is 0.247 e. The Balaban J connectivity index is 1.62.